The van der Waals surface area contributed by atoms with Crippen LogP contribution < -0.4 is 5.32 Å². The van der Waals surface area contributed by atoms with Crippen molar-refractivity contribution in [3.63, 3.8) is 0 Å². The number of nitrogens with one attached hydrogen (secondary N) is 1. The molecule has 21 heavy (non-hydrogen) atoms. The van der Waals surface area contributed by atoms with Gasteiger partial charge in [0.25, 0.3) is 0 Å². The van der Waals surface area contributed by atoms with Crippen molar-refractivity contribution >= 4 is 0 Å². The van der Waals surface area contributed by atoms with E-state index in [2.05, 4.69) is 5.32 Å². The summed E-state index contributed by atoms with van der Waals surface area (Å²) in [6.45, 7) is 1.32. The van der Waals surface area contributed by atoms with Gasteiger partial charge in [0.15, 0.2) is 0 Å². The standard InChI is InChI=1S/C15H17F3N2O/c16-15(17,18)13-3-1-2-12(10-13)14(20-7-6-19)11-4-8-21-9-5-11/h1-3,10-11,14,20H,4-5,7-9H2/t14-/m1/s1. The topological polar surface area (TPSA) is 45.0 Å². The van der Waals surface area contributed by atoms with Crippen molar-refractivity contribution in [2.45, 2.75) is 25.1 Å². The Hall–Kier alpha value is -1.58. The lowest BCUT2D eigenvalue weighted by molar-refractivity contribution is -0.137. The van der Waals surface area contributed by atoms with Crippen LogP contribution in [0, 0.1) is 17.2 Å². The summed E-state index contributed by atoms with van der Waals surface area (Å²) in [5, 5.41) is 11.8. The first-order chi connectivity index (χ1) is 10.0. The number of rotatable bonds is 4. The Balaban J connectivity index is 2.25. The molecule has 1 N–H and O–H groups in total. The summed E-state index contributed by atoms with van der Waals surface area (Å²) < 4.78 is 43.8. The number of ether oxygens (including phenoxy) is 1. The van der Waals surface area contributed by atoms with Crippen molar-refractivity contribution in [2.24, 2.45) is 5.92 Å². The number of nitrogens with zero attached hydrogens (tertiary/aromatic N) is 1. The second-order valence-electron chi connectivity index (χ2n) is 5.09. The fraction of sp³-hybridized carbons (Fsp3) is 0.533. The van der Waals surface area contributed by atoms with Crippen molar-refractivity contribution in [3.8, 4) is 6.07 Å². The first kappa shape index (κ1) is 15.8. The predicted octanol–water partition coefficient (Wildman–Crippen LogP) is 3.29. The lowest BCUT2D eigenvalue weighted by atomic mass is 9.86. The van der Waals surface area contributed by atoms with Crippen molar-refractivity contribution in [2.75, 3.05) is 19.8 Å². The molecule has 6 heteroatoms. The SMILES string of the molecule is N#CCN[C@@H](c1cccc(C(F)(F)F)c1)C1CCOCC1. The highest BCUT2D eigenvalue weighted by Crippen LogP contribution is 2.34. The van der Waals surface area contributed by atoms with E-state index in [0.717, 1.165) is 18.9 Å². The van der Waals surface area contributed by atoms with Crippen molar-refractivity contribution in [3.05, 3.63) is 35.4 Å². The minimum Gasteiger partial charge on any atom is -0.381 e. The third kappa shape index (κ3) is 4.19. The molecule has 1 aromatic rings. The Bertz CT molecular complexity index is 504. The van der Waals surface area contributed by atoms with Gasteiger partial charge in [0, 0.05) is 19.3 Å². The summed E-state index contributed by atoms with van der Waals surface area (Å²) in [6, 6.07) is 7.06. The number of hydrogen-bond acceptors (Lipinski definition) is 3. The van der Waals surface area contributed by atoms with Crippen LogP contribution in [0.1, 0.15) is 30.0 Å². The molecule has 1 atom stereocenters. The van der Waals surface area contributed by atoms with Crippen LogP contribution in [0.15, 0.2) is 24.3 Å². The van der Waals surface area contributed by atoms with Gasteiger partial charge >= 0.3 is 6.18 Å². The van der Waals surface area contributed by atoms with Crippen LogP contribution in [-0.4, -0.2) is 19.8 Å². The Labute approximate surface area is 121 Å². The minimum absolute atomic E-state index is 0.109. The van der Waals surface area contributed by atoms with Gasteiger partial charge in [0.05, 0.1) is 18.2 Å². The molecule has 0 unspecified atom stereocenters. The second kappa shape index (κ2) is 6.92. The molecule has 0 bridgehead atoms. The molecule has 1 fully saturated rings. The van der Waals surface area contributed by atoms with Crippen LogP contribution in [0.3, 0.4) is 0 Å². The van der Waals surface area contributed by atoms with Gasteiger partial charge in [-0.2, -0.15) is 18.4 Å². The zero-order chi connectivity index (χ0) is 15.3. The molecular weight excluding hydrogens is 281 g/mol. The zero-order valence-electron chi connectivity index (χ0n) is 11.5. The van der Waals surface area contributed by atoms with E-state index in [-0.39, 0.29) is 18.5 Å². The molecule has 0 aliphatic carbocycles. The molecule has 0 saturated carbocycles. The fourth-order valence-electron chi connectivity index (χ4n) is 2.67. The molecule has 0 spiro atoms. The number of nitriles is 1. The normalized spacial score (nSPS) is 18.2. The Morgan fingerprint density at radius 2 is 2.05 bits per heavy atom. The molecule has 1 aliphatic heterocycles. The summed E-state index contributed by atoms with van der Waals surface area (Å²) in [6.07, 6.45) is -2.80. The van der Waals surface area contributed by atoms with Crippen molar-refractivity contribution < 1.29 is 17.9 Å². The minimum atomic E-state index is -4.36. The molecule has 0 radical (unpaired) electrons. The van der Waals surface area contributed by atoms with Gasteiger partial charge in [-0.15, -0.1) is 0 Å². The van der Waals surface area contributed by atoms with Gasteiger partial charge in [-0.3, -0.25) is 5.32 Å². The maximum atomic E-state index is 12.8. The fourth-order valence-corrected chi connectivity index (χ4v) is 2.67. The molecule has 1 aliphatic rings. The second-order valence-corrected chi connectivity index (χ2v) is 5.09. The number of halogens is 3. The molecule has 0 aromatic heterocycles. The van der Waals surface area contributed by atoms with Crippen LogP contribution in [0.4, 0.5) is 13.2 Å². The Morgan fingerprint density at radius 1 is 1.33 bits per heavy atom. The summed E-state index contributed by atoms with van der Waals surface area (Å²) >= 11 is 0. The average Bonchev–Trinajstić information content (AvgIpc) is 2.48. The lowest BCUT2D eigenvalue weighted by Crippen LogP contribution is -2.32. The molecular formula is C15H17F3N2O. The first-order valence-electron chi connectivity index (χ1n) is 6.87. The number of hydrogen-bond donors (Lipinski definition) is 1. The van der Waals surface area contributed by atoms with Crippen LogP contribution in [0.2, 0.25) is 0 Å². The first-order valence-corrected chi connectivity index (χ1v) is 6.87. The quantitative estimate of drug-likeness (QED) is 0.868. The highest BCUT2D eigenvalue weighted by Gasteiger charge is 2.32. The van der Waals surface area contributed by atoms with E-state index in [4.69, 9.17) is 10.00 Å². The lowest BCUT2D eigenvalue weighted by Gasteiger charge is -2.31. The summed E-state index contributed by atoms with van der Waals surface area (Å²) in [7, 11) is 0. The summed E-state index contributed by atoms with van der Waals surface area (Å²) in [5.74, 6) is 0.176. The predicted molar refractivity (Wildman–Crippen MR) is 71.3 cm³/mol. The third-order valence-electron chi connectivity index (χ3n) is 3.71. The Morgan fingerprint density at radius 3 is 2.67 bits per heavy atom. The van der Waals surface area contributed by atoms with Gasteiger partial charge in [0.1, 0.15) is 0 Å². The highest BCUT2D eigenvalue weighted by atomic mass is 19.4. The van der Waals surface area contributed by atoms with Crippen LogP contribution in [0.5, 0.6) is 0 Å². The maximum absolute atomic E-state index is 12.8. The number of benzene rings is 1. The van der Waals surface area contributed by atoms with Crippen LogP contribution in [0.25, 0.3) is 0 Å². The largest absolute Gasteiger partial charge is 0.416 e. The van der Waals surface area contributed by atoms with E-state index >= 15 is 0 Å². The number of alkyl halides is 3. The summed E-state index contributed by atoms with van der Waals surface area (Å²) in [4.78, 5) is 0. The van der Waals surface area contributed by atoms with E-state index in [9.17, 15) is 13.2 Å². The Kier molecular flexibility index (Phi) is 5.21. The van der Waals surface area contributed by atoms with Crippen molar-refractivity contribution in [1.29, 1.82) is 5.26 Å². The van der Waals surface area contributed by atoms with E-state index in [1.807, 2.05) is 6.07 Å². The van der Waals surface area contributed by atoms with E-state index in [1.54, 1.807) is 6.07 Å². The van der Waals surface area contributed by atoms with Crippen molar-refractivity contribution in [1.82, 2.24) is 5.32 Å². The van der Waals surface area contributed by atoms with Crippen LogP contribution >= 0.6 is 0 Å². The van der Waals surface area contributed by atoms with Gasteiger partial charge in [-0.25, -0.2) is 0 Å². The van der Waals surface area contributed by atoms with Gasteiger partial charge < -0.3 is 4.74 Å². The van der Waals surface area contributed by atoms with Crippen LogP contribution in [-0.2, 0) is 10.9 Å². The maximum Gasteiger partial charge on any atom is 0.416 e. The smallest absolute Gasteiger partial charge is 0.381 e. The van der Waals surface area contributed by atoms with Gasteiger partial charge in [-0.1, -0.05) is 12.1 Å². The molecule has 0 amide bonds. The van der Waals surface area contributed by atoms with Gasteiger partial charge in [0.2, 0.25) is 0 Å². The third-order valence-corrected chi connectivity index (χ3v) is 3.71. The molecule has 1 saturated heterocycles. The molecule has 2 rings (SSSR count). The summed E-state index contributed by atoms with van der Waals surface area (Å²) in [5.41, 5.74) is -0.0807. The van der Waals surface area contributed by atoms with E-state index in [1.165, 1.54) is 12.1 Å². The molecule has 1 heterocycles. The highest BCUT2D eigenvalue weighted by molar-refractivity contribution is 5.28. The van der Waals surface area contributed by atoms with Gasteiger partial charge in [-0.05, 0) is 36.5 Å². The molecule has 1 aromatic carbocycles. The zero-order valence-corrected chi connectivity index (χ0v) is 11.5. The van der Waals surface area contributed by atoms with E-state index in [0.29, 0.717) is 18.8 Å². The monoisotopic (exact) mass is 298 g/mol. The van der Waals surface area contributed by atoms with E-state index < -0.39 is 11.7 Å². The molecule has 114 valence electrons. The average molecular weight is 298 g/mol. The molecule has 3 nitrogen and oxygen atoms in total.